The van der Waals surface area contributed by atoms with E-state index < -0.39 is 0 Å². The van der Waals surface area contributed by atoms with Crippen molar-refractivity contribution >= 4 is 18.6 Å². The Hall–Kier alpha value is -2.25. The Morgan fingerprint density at radius 1 is 1.06 bits per heavy atom. The third-order valence-corrected chi connectivity index (χ3v) is 5.04. The Balaban J connectivity index is 0. The number of aldehydes is 1. The highest BCUT2D eigenvalue weighted by Crippen LogP contribution is 2.04. The van der Waals surface area contributed by atoms with Crippen molar-refractivity contribution in [3.63, 3.8) is 0 Å². The second-order valence-corrected chi connectivity index (χ2v) is 9.19. The van der Waals surface area contributed by atoms with Gasteiger partial charge < -0.3 is 21.3 Å². The molecule has 0 aliphatic heterocycles. The molecule has 2 amide bonds. The van der Waals surface area contributed by atoms with Crippen LogP contribution in [0.3, 0.4) is 0 Å². The van der Waals surface area contributed by atoms with Crippen LogP contribution in [0, 0.1) is 11.8 Å². The van der Waals surface area contributed by atoms with E-state index in [1.54, 1.807) is 24.3 Å². The first kappa shape index (κ1) is 33.9. The molecule has 7 nitrogen and oxygen atoms in total. The first-order valence-corrected chi connectivity index (χ1v) is 12.6. The number of hydrogen-bond acceptors (Lipinski definition) is 5. The molecule has 0 bridgehead atoms. The number of amides is 2. The minimum Gasteiger partial charge on any atom is -0.358 e. The molecule has 2 atom stereocenters. The molecule has 1 aromatic rings. The fraction of sp³-hybridized carbons (Fsp3) is 0.667. The molecule has 0 aliphatic carbocycles. The topological polar surface area (TPSA) is 105 Å². The lowest BCUT2D eigenvalue weighted by molar-refractivity contribution is -0.109. The van der Waals surface area contributed by atoms with Gasteiger partial charge in [0, 0.05) is 30.3 Å². The summed E-state index contributed by atoms with van der Waals surface area (Å²) < 4.78 is 0. The van der Waals surface area contributed by atoms with E-state index in [1.165, 1.54) is 25.9 Å². The maximum absolute atomic E-state index is 11.8. The van der Waals surface area contributed by atoms with Crippen molar-refractivity contribution in [1.29, 1.82) is 0 Å². The summed E-state index contributed by atoms with van der Waals surface area (Å²) in [5.41, 5.74) is 6.86. The molecule has 1 aromatic carbocycles. The van der Waals surface area contributed by atoms with E-state index in [4.69, 9.17) is 5.73 Å². The summed E-state index contributed by atoms with van der Waals surface area (Å²) in [5, 5.41) is 5.39. The molecular formula is C27H50N4O3. The zero-order chi connectivity index (χ0) is 26.4. The first-order valence-electron chi connectivity index (χ1n) is 12.6. The maximum Gasteiger partial charge on any atom is 0.251 e. The molecule has 7 heteroatoms. The lowest BCUT2D eigenvalue weighted by Crippen LogP contribution is -2.38. The number of benzene rings is 1. The molecule has 4 N–H and O–H groups in total. The van der Waals surface area contributed by atoms with Crippen LogP contribution in [0.4, 0.5) is 0 Å². The van der Waals surface area contributed by atoms with Gasteiger partial charge in [0.25, 0.3) is 5.91 Å². The Morgan fingerprint density at radius 3 is 2.15 bits per heavy atom. The molecule has 0 aromatic heterocycles. The van der Waals surface area contributed by atoms with Crippen molar-refractivity contribution in [2.45, 2.75) is 73.3 Å². The predicted molar refractivity (Wildman–Crippen MR) is 143 cm³/mol. The van der Waals surface area contributed by atoms with Crippen LogP contribution in [-0.2, 0) is 4.79 Å². The fourth-order valence-corrected chi connectivity index (χ4v) is 3.04. The van der Waals surface area contributed by atoms with E-state index in [2.05, 4.69) is 64.1 Å². The number of nitrogens with one attached hydrogen (secondary N) is 2. The van der Waals surface area contributed by atoms with Crippen molar-refractivity contribution in [1.82, 2.24) is 15.5 Å². The molecule has 0 saturated carbocycles. The molecule has 0 aliphatic rings. The minimum atomic E-state index is -0.196. The summed E-state index contributed by atoms with van der Waals surface area (Å²) in [7, 11) is 2.17. The van der Waals surface area contributed by atoms with Crippen molar-refractivity contribution in [3.05, 3.63) is 35.4 Å². The maximum atomic E-state index is 11.8. The number of rotatable bonds is 14. The Bertz CT molecular complexity index is 647. The third kappa shape index (κ3) is 20.4. The van der Waals surface area contributed by atoms with Gasteiger partial charge in [0.15, 0.2) is 0 Å². The van der Waals surface area contributed by atoms with E-state index in [-0.39, 0.29) is 11.9 Å². The van der Waals surface area contributed by atoms with Gasteiger partial charge in [-0.3, -0.25) is 14.4 Å². The zero-order valence-electron chi connectivity index (χ0n) is 22.6. The van der Waals surface area contributed by atoms with Crippen molar-refractivity contribution < 1.29 is 14.4 Å². The fourth-order valence-electron chi connectivity index (χ4n) is 3.04. The van der Waals surface area contributed by atoms with Crippen molar-refractivity contribution in [2.75, 3.05) is 33.2 Å². The Kier molecular flexibility index (Phi) is 22.5. The second kappa shape index (κ2) is 22.5. The number of nitrogens with two attached hydrogens (primary N) is 1. The molecule has 34 heavy (non-hydrogen) atoms. The van der Waals surface area contributed by atoms with Gasteiger partial charge in [0.2, 0.25) is 6.41 Å². The van der Waals surface area contributed by atoms with Crippen LogP contribution in [0.25, 0.3) is 0 Å². The van der Waals surface area contributed by atoms with Gasteiger partial charge in [-0.1, -0.05) is 60.1 Å². The number of carbonyl (C=O) groups is 3. The normalized spacial score (nSPS) is 11.9. The standard InChI is InChI=1S/C14H20N2O2.C7H17N.C6H13NO/c1-10(2)6-13(15)8-16-14(18)12-5-3-4-11(7-12)9-17;1-4-6-8(3)7-5-2;1-3-6(2)4-7-5-8/h3-5,7,9-10,13H,6,8,15H2,1-2H3,(H,16,18);4-7H2,1-3H3;5-6H,3-4H2,1-2H3,(H,7,8). The van der Waals surface area contributed by atoms with Gasteiger partial charge in [-0.25, -0.2) is 0 Å². The number of carbonyl (C=O) groups excluding carboxylic acids is 3. The highest BCUT2D eigenvalue weighted by molar-refractivity contribution is 5.95. The van der Waals surface area contributed by atoms with Crippen LogP contribution in [0.2, 0.25) is 0 Å². The molecular weight excluding hydrogens is 428 g/mol. The molecule has 0 saturated heterocycles. The van der Waals surface area contributed by atoms with Gasteiger partial charge in [0.05, 0.1) is 0 Å². The SMILES string of the molecule is CC(C)CC(N)CNC(=O)c1cccc(C=O)c1.CCC(C)CNC=O.CCCN(C)CCC. The van der Waals surface area contributed by atoms with Crippen LogP contribution >= 0.6 is 0 Å². The lowest BCUT2D eigenvalue weighted by Gasteiger charge is -2.14. The summed E-state index contributed by atoms with van der Waals surface area (Å²) in [5.74, 6) is 0.924. The molecule has 2 unspecified atom stereocenters. The van der Waals surface area contributed by atoms with E-state index >= 15 is 0 Å². The van der Waals surface area contributed by atoms with Crippen molar-refractivity contribution in [2.24, 2.45) is 17.6 Å². The largest absolute Gasteiger partial charge is 0.358 e. The molecule has 196 valence electrons. The molecule has 1 rings (SSSR count). The van der Waals surface area contributed by atoms with Gasteiger partial charge in [-0.2, -0.15) is 0 Å². The summed E-state index contributed by atoms with van der Waals surface area (Å²) in [4.78, 5) is 34.5. The smallest absolute Gasteiger partial charge is 0.251 e. The monoisotopic (exact) mass is 478 g/mol. The number of hydrogen-bond donors (Lipinski definition) is 3. The third-order valence-electron chi connectivity index (χ3n) is 5.04. The quantitative estimate of drug-likeness (QED) is 0.349. The molecule has 0 heterocycles. The van der Waals surface area contributed by atoms with Crippen LogP contribution in [-0.4, -0.2) is 62.8 Å². The molecule has 0 radical (unpaired) electrons. The van der Waals surface area contributed by atoms with Gasteiger partial charge >= 0.3 is 0 Å². The summed E-state index contributed by atoms with van der Waals surface area (Å²) >= 11 is 0. The van der Waals surface area contributed by atoms with Crippen LogP contribution in [0.1, 0.15) is 87.9 Å². The summed E-state index contributed by atoms with van der Waals surface area (Å²) in [6.45, 7) is 16.6. The average molecular weight is 479 g/mol. The highest BCUT2D eigenvalue weighted by Gasteiger charge is 2.09. The van der Waals surface area contributed by atoms with Gasteiger partial charge in [-0.15, -0.1) is 0 Å². The lowest BCUT2D eigenvalue weighted by atomic mass is 10.0. The van der Waals surface area contributed by atoms with E-state index in [9.17, 15) is 14.4 Å². The summed E-state index contributed by atoms with van der Waals surface area (Å²) in [6.07, 6.45) is 6.01. The van der Waals surface area contributed by atoms with Gasteiger partial charge in [-0.05, 0) is 63.4 Å². The van der Waals surface area contributed by atoms with Crippen molar-refractivity contribution in [3.8, 4) is 0 Å². The van der Waals surface area contributed by atoms with E-state index in [0.717, 1.165) is 32.1 Å². The molecule has 0 fully saturated rings. The predicted octanol–water partition coefficient (Wildman–Crippen LogP) is 4.12. The Morgan fingerprint density at radius 2 is 1.68 bits per heavy atom. The number of nitrogens with zero attached hydrogens (tertiary/aromatic N) is 1. The Labute approximate surface area is 208 Å². The van der Waals surface area contributed by atoms with E-state index in [1.807, 2.05) is 0 Å². The van der Waals surface area contributed by atoms with E-state index in [0.29, 0.717) is 29.5 Å². The second-order valence-electron chi connectivity index (χ2n) is 9.19. The van der Waals surface area contributed by atoms with Crippen LogP contribution in [0.15, 0.2) is 24.3 Å². The zero-order valence-corrected chi connectivity index (χ0v) is 22.6. The summed E-state index contributed by atoms with van der Waals surface area (Å²) in [6, 6.07) is 6.55. The van der Waals surface area contributed by atoms with Gasteiger partial charge in [0.1, 0.15) is 6.29 Å². The average Bonchev–Trinajstić information content (AvgIpc) is 2.81. The molecule has 0 spiro atoms. The highest BCUT2D eigenvalue weighted by atomic mass is 16.1. The van der Waals surface area contributed by atoms with Crippen LogP contribution < -0.4 is 16.4 Å². The van der Waals surface area contributed by atoms with Crippen LogP contribution in [0.5, 0.6) is 0 Å². The first-order chi connectivity index (χ1) is 16.1. The minimum absolute atomic E-state index is 0.0387.